The molecule has 0 saturated heterocycles. The SMILES string of the molecule is CCNC(=NCc1ccccc1OC)NCCc1ccc(OCC(=O)NC2CC2)cc1.I. The van der Waals surface area contributed by atoms with E-state index in [1.165, 1.54) is 5.56 Å². The third-order valence-electron chi connectivity index (χ3n) is 4.89. The summed E-state index contributed by atoms with van der Waals surface area (Å²) in [6.07, 6.45) is 3.01. The summed E-state index contributed by atoms with van der Waals surface area (Å²) >= 11 is 0. The van der Waals surface area contributed by atoms with E-state index in [0.29, 0.717) is 18.3 Å². The summed E-state index contributed by atoms with van der Waals surface area (Å²) in [5.41, 5.74) is 2.23. The molecule has 0 bridgehead atoms. The molecule has 0 unspecified atom stereocenters. The van der Waals surface area contributed by atoms with Gasteiger partial charge in [-0.3, -0.25) is 4.79 Å². The molecule has 1 aliphatic rings. The maximum atomic E-state index is 11.7. The van der Waals surface area contributed by atoms with Crippen LogP contribution in [-0.4, -0.2) is 44.7 Å². The number of aliphatic imine (C=N–C) groups is 1. The molecule has 0 aliphatic heterocycles. The number of hydrogen-bond donors (Lipinski definition) is 3. The lowest BCUT2D eigenvalue weighted by Gasteiger charge is -2.12. The molecule has 32 heavy (non-hydrogen) atoms. The molecule has 0 atom stereocenters. The van der Waals surface area contributed by atoms with Crippen molar-refractivity contribution in [2.45, 2.75) is 38.8 Å². The quantitative estimate of drug-likeness (QED) is 0.227. The monoisotopic (exact) mass is 552 g/mol. The van der Waals surface area contributed by atoms with Crippen LogP contribution in [0.25, 0.3) is 0 Å². The van der Waals surface area contributed by atoms with Crippen LogP contribution in [0.15, 0.2) is 53.5 Å². The summed E-state index contributed by atoms with van der Waals surface area (Å²) in [5, 5.41) is 9.56. The molecule has 1 saturated carbocycles. The Labute approximate surface area is 207 Å². The Balaban J connectivity index is 0.00000363. The second kappa shape index (κ2) is 13.8. The number of guanidine groups is 1. The number of amides is 1. The first kappa shape index (κ1) is 25.8. The zero-order valence-corrected chi connectivity index (χ0v) is 21.1. The second-order valence-corrected chi connectivity index (χ2v) is 7.46. The van der Waals surface area contributed by atoms with E-state index in [1.54, 1.807) is 7.11 Å². The van der Waals surface area contributed by atoms with Crippen LogP contribution in [0.4, 0.5) is 0 Å². The summed E-state index contributed by atoms with van der Waals surface area (Å²) in [6, 6.07) is 16.1. The molecule has 2 aromatic carbocycles. The average molecular weight is 552 g/mol. The van der Waals surface area contributed by atoms with Crippen LogP contribution >= 0.6 is 24.0 Å². The first-order valence-electron chi connectivity index (χ1n) is 10.8. The van der Waals surface area contributed by atoms with Crippen LogP contribution in [0.1, 0.15) is 30.9 Å². The highest BCUT2D eigenvalue weighted by Gasteiger charge is 2.23. The Morgan fingerprint density at radius 3 is 2.53 bits per heavy atom. The lowest BCUT2D eigenvalue weighted by Crippen LogP contribution is -2.38. The first-order chi connectivity index (χ1) is 15.2. The Bertz CT molecular complexity index is 870. The van der Waals surface area contributed by atoms with Crippen LogP contribution < -0.4 is 25.4 Å². The lowest BCUT2D eigenvalue weighted by atomic mass is 10.1. The summed E-state index contributed by atoms with van der Waals surface area (Å²) in [5.74, 6) is 2.26. The first-order valence-corrected chi connectivity index (χ1v) is 10.8. The highest BCUT2D eigenvalue weighted by Crippen LogP contribution is 2.19. The van der Waals surface area contributed by atoms with Crippen molar-refractivity contribution >= 4 is 35.8 Å². The molecule has 7 nitrogen and oxygen atoms in total. The number of hydrogen-bond acceptors (Lipinski definition) is 4. The molecule has 0 spiro atoms. The van der Waals surface area contributed by atoms with Crippen molar-refractivity contribution in [3.8, 4) is 11.5 Å². The van der Waals surface area contributed by atoms with E-state index in [-0.39, 0.29) is 36.5 Å². The zero-order valence-electron chi connectivity index (χ0n) is 18.7. The van der Waals surface area contributed by atoms with Gasteiger partial charge < -0.3 is 25.4 Å². The second-order valence-electron chi connectivity index (χ2n) is 7.46. The minimum Gasteiger partial charge on any atom is -0.496 e. The molecule has 0 aromatic heterocycles. The number of benzene rings is 2. The predicted molar refractivity (Wildman–Crippen MR) is 138 cm³/mol. The van der Waals surface area contributed by atoms with E-state index in [2.05, 4.69) is 20.9 Å². The zero-order chi connectivity index (χ0) is 21.9. The van der Waals surface area contributed by atoms with E-state index >= 15 is 0 Å². The molecule has 2 aromatic rings. The van der Waals surface area contributed by atoms with Gasteiger partial charge in [-0.15, -0.1) is 24.0 Å². The lowest BCUT2D eigenvalue weighted by molar-refractivity contribution is -0.123. The van der Waals surface area contributed by atoms with E-state index in [0.717, 1.165) is 49.6 Å². The number of nitrogens with one attached hydrogen (secondary N) is 3. The third kappa shape index (κ3) is 8.94. The van der Waals surface area contributed by atoms with Crippen LogP contribution in [0, 0.1) is 0 Å². The molecule has 0 radical (unpaired) electrons. The van der Waals surface area contributed by atoms with E-state index in [4.69, 9.17) is 9.47 Å². The maximum absolute atomic E-state index is 11.7. The molecule has 1 fully saturated rings. The molecule has 8 heteroatoms. The van der Waals surface area contributed by atoms with Gasteiger partial charge >= 0.3 is 0 Å². The Morgan fingerprint density at radius 1 is 1.09 bits per heavy atom. The number of methoxy groups -OCH3 is 1. The minimum absolute atomic E-state index is 0. The molecule has 174 valence electrons. The van der Waals surface area contributed by atoms with Gasteiger partial charge in [-0.1, -0.05) is 30.3 Å². The summed E-state index contributed by atoms with van der Waals surface area (Å²) in [6.45, 7) is 4.19. The van der Waals surface area contributed by atoms with E-state index < -0.39 is 0 Å². The maximum Gasteiger partial charge on any atom is 0.258 e. The van der Waals surface area contributed by atoms with Crippen molar-refractivity contribution in [2.24, 2.45) is 4.99 Å². The van der Waals surface area contributed by atoms with Crippen LogP contribution in [0.2, 0.25) is 0 Å². The number of rotatable bonds is 11. The Kier molecular flexibility index (Phi) is 11.1. The van der Waals surface area contributed by atoms with Crippen LogP contribution in [0.3, 0.4) is 0 Å². The van der Waals surface area contributed by atoms with Crippen molar-refractivity contribution in [3.63, 3.8) is 0 Å². The fourth-order valence-corrected chi connectivity index (χ4v) is 3.06. The summed E-state index contributed by atoms with van der Waals surface area (Å²) in [4.78, 5) is 16.4. The van der Waals surface area contributed by atoms with Gasteiger partial charge in [-0.2, -0.15) is 0 Å². The highest BCUT2D eigenvalue weighted by atomic mass is 127. The number of nitrogens with zero attached hydrogens (tertiary/aromatic N) is 1. The summed E-state index contributed by atoms with van der Waals surface area (Å²) < 4.78 is 10.9. The molecule has 1 amide bonds. The molecule has 3 N–H and O–H groups in total. The van der Waals surface area contributed by atoms with Crippen molar-refractivity contribution in [1.29, 1.82) is 0 Å². The third-order valence-corrected chi connectivity index (χ3v) is 4.89. The largest absolute Gasteiger partial charge is 0.496 e. The van der Waals surface area contributed by atoms with E-state index in [9.17, 15) is 4.79 Å². The summed E-state index contributed by atoms with van der Waals surface area (Å²) in [7, 11) is 1.67. The average Bonchev–Trinajstić information content (AvgIpc) is 3.61. The fourth-order valence-electron chi connectivity index (χ4n) is 3.06. The molecule has 1 aliphatic carbocycles. The molecule has 0 heterocycles. The van der Waals surface area contributed by atoms with Gasteiger partial charge in [0, 0.05) is 24.7 Å². The van der Waals surface area contributed by atoms with E-state index in [1.807, 2.05) is 55.5 Å². The van der Waals surface area contributed by atoms with Gasteiger partial charge in [0.25, 0.3) is 5.91 Å². The Hall–Kier alpha value is -2.49. The molecular formula is C24H33IN4O3. The normalized spacial score (nSPS) is 13.0. The van der Waals surface area contributed by atoms with Crippen molar-refractivity contribution in [1.82, 2.24) is 16.0 Å². The van der Waals surface area contributed by atoms with Gasteiger partial charge in [0.1, 0.15) is 11.5 Å². The van der Waals surface area contributed by atoms with Gasteiger partial charge in [0.15, 0.2) is 12.6 Å². The van der Waals surface area contributed by atoms with Crippen molar-refractivity contribution < 1.29 is 14.3 Å². The number of ether oxygens (including phenoxy) is 2. The Morgan fingerprint density at radius 2 is 1.84 bits per heavy atom. The van der Waals surface area contributed by atoms with Crippen LogP contribution in [-0.2, 0) is 17.8 Å². The number of carbonyl (C=O) groups is 1. The number of halogens is 1. The molecular weight excluding hydrogens is 519 g/mol. The number of carbonyl (C=O) groups excluding carboxylic acids is 1. The minimum atomic E-state index is -0.0564. The van der Waals surface area contributed by atoms with Gasteiger partial charge in [0.05, 0.1) is 13.7 Å². The van der Waals surface area contributed by atoms with Gasteiger partial charge in [-0.05, 0) is 49.9 Å². The van der Waals surface area contributed by atoms with Crippen molar-refractivity contribution in [2.75, 3.05) is 26.8 Å². The predicted octanol–water partition coefficient (Wildman–Crippen LogP) is 3.27. The standard InChI is InChI=1S/C24H32N4O3.HI/c1-3-25-24(27-16-19-6-4-5-7-22(19)30-2)26-15-14-18-8-12-21(13-9-18)31-17-23(29)28-20-10-11-20;/h4-9,12-13,20H,3,10-11,14-17H2,1-2H3,(H,28,29)(H2,25,26,27);1H. The van der Waals surface area contributed by atoms with Gasteiger partial charge in [-0.25, -0.2) is 4.99 Å². The highest BCUT2D eigenvalue weighted by molar-refractivity contribution is 14.0. The number of para-hydroxylation sites is 1. The van der Waals surface area contributed by atoms with Gasteiger partial charge in [0.2, 0.25) is 0 Å². The van der Waals surface area contributed by atoms with Crippen LogP contribution in [0.5, 0.6) is 11.5 Å². The fraction of sp³-hybridized carbons (Fsp3) is 0.417. The smallest absolute Gasteiger partial charge is 0.258 e. The van der Waals surface area contributed by atoms with Crippen molar-refractivity contribution in [3.05, 3.63) is 59.7 Å². The topological polar surface area (TPSA) is 84.0 Å². The molecule has 3 rings (SSSR count).